The molecule has 0 aromatic heterocycles. The average Bonchev–Trinajstić information content (AvgIpc) is 2.23. The van der Waals surface area contributed by atoms with E-state index in [0.29, 0.717) is 11.6 Å². The summed E-state index contributed by atoms with van der Waals surface area (Å²) in [5, 5.41) is 3.86. The smallest absolute Gasteiger partial charge is 0.123 e. The molecule has 0 saturated heterocycles. The molecule has 1 aromatic rings. The Morgan fingerprint density at radius 1 is 1.47 bits per heavy atom. The Morgan fingerprint density at radius 3 is 3.00 bits per heavy atom. The van der Waals surface area contributed by atoms with Gasteiger partial charge in [0.15, 0.2) is 0 Å². The second kappa shape index (κ2) is 7.09. The van der Waals surface area contributed by atoms with Gasteiger partial charge in [-0.05, 0) is 48.7 Å². The molecule has 1 aromatic carbocycles. The minimum absolute atomic E-state index is 0.236. The van der Waals surface area contributed by atoms with Crippen LogP contribution in [0.5, 0.6) is 0 Å². The van der Waals surface area contributed by atoms with Crippen LogP contribution in [0.25, 0.3) is 0 Å². The zero-order valence-electron chi connectivity index (χ0n) is 8.72. The summed E-state index contributed by atoms with van der Waals surface area (Å²) in [6, 6.07) is 4.44. The Hall–Kier alpha value is -0.250. The molecule has 15 heavy (non-hydrogen) atoms. The lowest BCUT2D eigenvalue weighted by molar-refractivity contribution is 0.619. The number of thioether (sulfide) groups is 1. The first-order chi connectivity index (χ1) is 7.24. The summed E-state index contributed by atoms with van der Waals surface area (Å²) in [4.78, 5) is 0. The van der Waals surface area contributed by atoms with Crippen LogP contribution >= 0.6 is 23.4 Å². The van der Waals surface area contributed by atoms with Gasteiger partial charge in [0.2, 0.25) is 0 Å². The molecule has 0 aliphatic rings. The van der Waals surface area contributed by atoms with Crippen LogP contribution in [0, 0.1) is 5.82 Å². The maximum Gasteiger partial charge on any atom is 0.123 e. The van der Waals surface area contributed by atoms with E-state index in [2.05, 4.69) is 11.6 Å². The van der Waals surface area contributed by atoms with Gasteiger partial charge < -0.3 is 5.32 Å². The summed E-state index contributed by atoms with van der Waals surface area (Å²) in [5.41, 5.74) is 0.820. The summed E-state index contributed by atoms with van der Waals surface area (Å²) in [6.45, 7) is 1.57. The van der Waals surface area contributed by atoms with E-state index in [4.69, 9.17) is 11.6 Å². The molecule has 0 fully saturated rings. The van der Waals surface area contributed by atoms with E-state index in [0.717, 1.165) is 24.3 Å². The van der Waals surface area contributed by atoms with Gasteiger partial charge in [-0.3, -0.25) is 0 Å². The standard InChI is InChI=1S/C11H15ClFNS/c1-15-6-2-5-14-8-9-7-10(13)3-4-11(9)12/h3-4,7,14H,2,5-6,8H2,1H3. The predicted octanol–water partition coefficient (Wildman–Crippen LogP) is 3.32. The first-order valence-corrected chi connectivity index (χ1v) is 6.65. The van der Waals surface area contributed by atoms with Crippen LogP contribution in [0.4, 0.5) is 4.39 Å². The van der Waals surface area contributed by atoms with Crippen molar-refractivity contribution in [1.29, 1.82) is 0 Å². The third-order valence-corrected chi connectivity index (χ3v) is 3.09. The Morgan fingerprint density at radius 2 is 2.27 bits per heavy atom. The van der Waals surface area contributed by atoms with Crippen LogP contribution in [0.15, 0.2) is 18.2 Å². The number of nitrogens with one attached hydrogen (secondary N) is 1. The van der Waals surface area contributed by atoms with Crippen LogP contribution in [-0.4, -0.2) is 18.6 Å². The van der Waals surface area contributed by atoms with Gasteiger partial charge in [0.25, 0.3) is 0 Å². The molecule has 4 heteroatoms. The monoisotopic (exact) mass is 247 g/mol. The van der Waals surface area contributed by atoms with Gasteiger partial charge in [0.05, 0.1) is 0 Å². The number of halogens is 2. The van der Waals surface area contributed by atoms with Crippen molar-refractivity contribution in [2.24, 2.45) is 0 Å². The first kappa shape index (κ1) is 12.8. The third kappa shape index (κ3) is 4.87. The summed E-state index contributed by atoms with van der Waals surface area (Å²) < 4.78 is 12.9. The van der Waals surface area contributed by atoms with Crippen molar-refractivity contribution in [3.05, 3.63) is 34.6 Å². The van der Waals surface area contributed by atoms with Gasteiger partial charge in [-0.1, -0.05) is 11.6 Å². The molecule has 0 aliphatic carbocycles. The van der Waals surface area contributed by atoms with Crippen LogP contribution < -0.4 is 5.32 Å². The van der Waals surface area contributed by atoms with E-state index < -0.39 is 0 Å². The van der Waals surface area contributed by atoms with Crippen LogP contribution in [0.3, 0.4) is 0 Å². The van der Waals surface area contributed by atoms with E-state index in [1.54, 1.807) is 6.07 Å². The van der Waals surface area contributed by atoms with Crippen molar-refractivity contribution in [3.63, 3.8) is 0 Å². The topological polar surface area (TPSA) is 12.0 Å². The summed E-state index contributed by atoms with van der Waals surface area (Å²) in [7, 11) is 0. The zero-order chi connectivity index (χ0) is 11.1. The molecule has 0 unspecified atom stereocenters. The highest BCUT2D eigenvalue weighted by Gasteiger charge is 2.01. The molecule has 0 atom stereocenters. The fourth-order valence-electron chi connectivity index (χ4n) is 1.24. The van der Waals surface area contributed by atoms with Gasteiger partial charge in [-0.15, -0.1) is 0 Å². The third-order valence-electron chi connectivity index (χ3n) is 2.03. The predicted molar refractivity (Wildman–Crippen MR) is 66.1 cm³/mol. The van der Waals surface area contributed by atoms with E-state index in [-0.39, 0.29) is 5.82 Å². The fourth-order valence-corrected chi connectivity index (χ4v) is 1.86. The molecule has 1 rings (SSSR count). The Kier molecular flexibility index (Phi) is 6.06. The SMILES string of the molecule is CSCCCNCc1cc(F)ccc1Cl. The molecular weight excluding hydrogens is 233 g/mol. The summed E-state index contributed by atoms with van der Waals surface area (Å²) in [6.07, 6.45) is 3.21. The van der Waals surface area contributed by atoms with Crippen molar-refractivity contribution in [1.82, 2.24) is 5.32 Å². The van der Waals surface area contributed by atoms with Crippen molar-refractivity contribution < 1.29 is 4.39 Å². The maximum absolute atomic E-state index is 12.9. The number of hydrogen-bond donors (Lipinski definition) is 1. The highest BCUT2D eigenvalue weighted by atomic mass is 35.5. The second-order valence-corrected chi connectivity index (χ2v) is 4.65. The highest BCUT2D eigenvalue weighted by Crippen LogP contribution is 2.16. The van der Waals surface area contributed by atoms with E-state index in [1.165, 1.54) is 12.1 Å². The molecule has 84 valence electrons. The largest absolute Gasteiger partial charge is 0.313 e. The minimum atomic E-state index is -0.236. The average molecular weight is 248 g/mol. The van der Waals surface area contributed by atoms with Gasteiger partial charge in [-0.25, -0.2) is 4.39 Å². The maximum atomic E-state index is 12.9. The Balaban J connectivity index is 2.33. The lowest BCUT2D eigenvalue weighted by Gasteiger charge is -2.06. The van der Waals surface area contributed by atoms with Crippen LogP contribution in [0.1, 0.15) is 12.0 Å². The van der Waals surface area contributed by atoms with Gasteiger partial charge in [0.1, 0.15) is 5.82 Å². The van der Waals surface area contributed by atoms with Crippen molar-refractivity contribution >= 4 is 23.4 Å². The number of benzene rings is 1. The van der Waals surface area contributed by atoms with Crippen molar-refractivity contribution in [3.8, 4) is 0 Å². The summed E-state index contributed by atoms with van der Waals surface area (Å²) >= 11 is 7.75. The minimum Gasteiger partial charge on any atom is -0.313 e. The van der Waals surface area contributed by atoms with Crippen LogP contribution in [-0.2, 0) is 6.54 Å². The van der Waals surface area contributed by atoms with Gasteiger partial charge >= 0.3 is 0 Å². The number of hydrogen-bond acceptors (Lipinski definition) is 2. The summed E-state index contributed by atoms with van der Waals surface area (Å²) in [5.74, 6) is 0.907. The van der Waals surface area contributed by atoms with Crippen LogP contribution in [0.2, 0.25) is 5.02 Å². The lowest BCUT2D eigenvalue weighted by atomic mass is 10.2. The lowest BCUT2D eigenvalue weighted by Crippen LogP contribution is -2.15. The number of rotatable bonds is 6. The fraction of sp³-hybridized carbons (Fsp3) is 0.455. The molecule has 0 amide bonds. The molecule has 1 N–H and O–H groups in total. The van der Waals surface area contributed by atoms with E-state index >= 15 is 0 Å². The zero-order valence-corrected chi connectivity index (χ0v) is 10.3. The molecule has 0 spiro atoms. The molecular formula is C11H15ClFNS. The normalized spacial score (nSPS) is 10.6. The van der Waals surface area contributed by atoms with E-state index in [9.17, 15) is 4.39 Å². The quantitative estimate of drug-likeness (QED) is 0.774. The molecule has 1 nitrogen and oxygen atoms in total. The molecule has 0 bridgehead atoms. The van der Waals surface area contributed by atoms with Crippen molar-refractivity contribution in [2.75, 3.05) is 18.6 Å². The van der Waals surface area contributed by atoms with Gasteiger partial charge in [0, 0.05) is 11.6 Å². The van der Waals surface area contributed by atoms with Crippen molar-refractivity contribution in [2.45, 2.75) is 13.0 Å². The highest BCUT2D eigenvalue weighted by molar-refractivity contribution is 7.98. The molecule has 0 radical (unpaired) electrons. The molecule has 0 saturated carbocycles. The molecule has 0 heterocycles. The van der Waals surface area contributed by atoms with E-state index in [1.807, 2.05) is 11.8 Å². The molecule has 0 aliphatic heterocycles. The first-order valence-electron chi connectivity index (χ1n) is 4.87. The van der Waals surface area contributed by atoms with Gasteiger partial charge in [-0.2, -0.15) is 11.8 Å². The Bertz CT molecular complexity index is 307. The second-order valence-electron chi connectivity index (χ2n) is 3.26. The Labute approximate surface area is 99.4 Å².